The second-order valence-corrected chi connectivity index (χ2v) is 5.51. The number of benzene rings is 1. The van der Waals surface area contributed by atoms with Crippen molar-refractivity contribution in [1.82, 2.24) is 4.90 Å². The van der Waals surface area contributed by atoms with Crippen molar-refractivity contribution >= 4 is 0 Å². The third kappa shape index (κ3) is 2.79. The minimum Gasteiger partial charge on any atom is -0.497 e. The van der Waals surface area contributed by atoms with Crippen LogP contribution in [-0.4, -0.2) is 30.1 Å². The van der Waals surface area contributed by atoms with Crippen molar-refractivity contribution in [3.05, 3.63) is 29.8 Å². The van der Waals surface area contributed by atoms with E-state index in [1.54, 1.807) is 7.11 Å². The first kappa shape index (κ1) is 12.4. The predicted octanol–water partition coefficient (Wildman–Crippen LogP) is 2.01. The molecule has 0 spiro atoms. The molecule has 1 saturated heterocycles. The monoisotopic (exact) mass is 234 g/mol. The molecule has 1 atom stereocenters. The molecule has 1 aliphatic rings. The van der Waals surface area contributed by atoms with Gasteiger partial charge >= 0.3 is 0 Å². The van der Waals surface area contributed by atoms with E-state index in [0.717, 1.165) is 25.3 Å². The molecule has 0 bridgehead atoms. The van der Waals surface area contributed by atoms with Crippen molar-refractivity contribution in [3.63, 3.8) is 0 Å². The summed E-state index contributed by atoms with van der Waals surface area (Å²) in [6, 6.07) is 8.58. The zero-order valence-electron chi connectivity index (χ0n) is 10.9. The van der Waals surface area contributed by atoms with Crippen molar-refractivity contribution < 1.29 is 4.74 Å². The molecular formula is C14H22N2O. The highest BCUT2D eigenvalue weighted by Crippen LogP contribution is 2.29. The molecule has 1 aromatic rings. The van der Waals surface area contributed by atoms with Crippen LogP contribution in [0.5, 0.6) is 5.75 Å². The maximum absolute atomic E-state index is 6.04. The summed E-state index contributed by atoms with van der Waals surface area (Å²) in [5, 5.41) is 0. The first-order valence-electron chi connectivity index (χ1n) is 6.15. The van der Waals surface area contributed by atoms with Crippen LogP contribution < -0.4 is 10.5 Å². The summed E-state index contributed by atoms with van der Waals surface area (Å²) in [4.78, 5) is 2.46. The normalized spacial score (nSPS) is 23.9. The Morgan fingerprint density at radius 2 is 2.00 bits per heavy atom. The molecule has 1 unspecified atom stereocenters. The van der Waals surface area contributed by atoms with Crippen LogP contribution in [0.4, 0.5) is 0 Å². The van der Waals surface area contributed by atoms with Crippen LogP contribution in [0.2, 0.25) is 0 Å². The maximum atomic E-state index is 6.04. The summed E-state index contributed by atoms with van der Waals surface area (Å²) >= 11 is 0. The highest BCUT2D eigenvalue weighted by atomic mass is 16.5. The summed E-state index contributed by atoms with van der Waals surface area (Å²) in [5.41, 5.74) is 7.56. The van der Waals surface area contributed by atoms with E-state index in [2.05, 4.69) is 30.9 Å². The average Bonchev–Trinajstić information content (AvgIpc) is 2.53. The van der Waals surface area contributed by atoms with E-state index in [1.807, 2.05) is 12.1 Å². The third-order valence-electron chi connectivity index (χ3n) is 3.61. The summed E-state index contributed by atoms with van der Waals surface area (Å²) in [6.45, 7) is 6.48. The molecule has 0 radical (unpaired) electrons. The van der Waals surface area contributed by atoms with Gasteiger partial charge in [-0.15, -0.1) is 0 Å². The van der Waals surface area contributed by atoms with Crippen LogP contribution in [0.15, 0.2) is 24.3 Å². The fourth-order valence-corrected chi connectivity index (χ4v) is 2.60. The quantitative estimate of drug-likeness (QED) is 0.869. The van der Waals surface area contributed by atoms with Gasteiger partial charge in [0.2, 0.25) is 0 Å². The van der Waals surface area contributed by atoms with E-state index in [4.69, 9.17) is 10.5 Å². The highest BCUT2D eigenvalue weighted by molar-refractivity contribution is 5.27. The molecule has 0 aromatic heterocycles. The van der Waals surface area contributed by atoms with E-state index >= 15 is 0 Å². The Kier molecular flexibility index (Phi) is 3.40. The smallest absolute Gasteiger partial charge is 0.118 e. The highest BCUT2D eigenvalue weighted by Gasteiger charge is 2.36. The number of hydrogen-bond donors (Lipinski definition) is 1. The lowest BCUT2D eigenvalue weighted by atomic mass is 10.00. The lowest BCUT2D eigenvalue weighted by Crippen LogP contribution is -2.37. The van der Waals surface area contributed by atoms with Gasteiger partial charge in [0.05, 0.1) is 7.11 Å². The Morgan fingerprint density at radius 1 is 1.35 bits per heavy atom. The van der Waals surface area contributed by atoms with E-state index < -0.39 is 0 Å². The van der Waals surface area contributed by atoms with Gasteiger partial charge in [-0.3, -0.25) is 4.90 Å². The van der Waals surface area contributed by atoms with E-state index in [-0.39, 0.29) is 5.54 Å². The van der Waals surface area contributed by atoms with E-state index in [9.17, 15) is 0 Å². The molecule has 2 N–H and O–H groups in total. The second-order valence-electron chi connectivity index (χ2n) is 5.51. The number of rotatable bonds is 3. The average molecular weight is 234 g/mol. The van der Waals surface area contributed by atoms with Crippen molar-refractivity contribution in [2.45, 2.75) is 38.4 Å². The molecule has 0 saturated carbocycles. The van der Waals surface area contributed by atoms with Crippen molar-refractivity contribution in [2.24, 2.45) is 5.73 Å². The second kappa shape index (κ2) is 4.67. The number of likely N-dealkylation sites (tertiary alicyclic amines) is 1. The molecule has 2 rings (SSSR count). The fourth-order valence-electron chi connectivity index (χ4n) is 2.60. The zero-order valence-corrected chi connectivity index (χ0v) is 10.9. The van der Waals surface area contributed by atoms with Crippen LogP contribution in [-0.2, 0) is 6.54 Å². The first-order valence-corrected chi connectivity index (χ1v) is 6.15. The molecule has 0 aliphatic carbocycles. The van der Waals surface area contributed by atoms with Gasteiger partial charge in [0, 0.05) is 24.7 Å². The lowest BCUT2D eigenvalue weighted by Gasteiger charge is -2.31. The van der Waals surface area contributed by atoms with E-state index in [1.165, 1.54) is 5.56 Å². The summed E-state index contributed by atoms with van der Waals surface area (Å²) in [7, 11) is 1.69. The summed E-state index contributed by atoms with van der Waals surface area (Å²) < 4.78 is 5.16. The zero-order chi connectivity index (χ0) is 12.5. The number of nitrogens with zero attached hydrogens (tertiary/aromatic N) is 1. The SMILES string of the molecule is COc1ccc(CN2CC(N)CC2(C)C)cc1. The van der Waals surface area contributed by atoms with Crippen molar-refractivity contribution in [1.29, 1.82) is 0 Å². The van der Waals surface area contributed by atoms with Gasteiger partial charge in [-0.2, -0.15) is 0 Å². The maximum Gasteiger partial charge on any atom is 0.118 e. The summed E-state index contributed by atoms with van der Waals surface area (Å²) in [6.07, 6.45) is 1.07. The molecule has 1 fully saturated rings. The van der Waals surface area contributed by atoms with Gasteiger partial charge in [-0.05, 0) is 38.0 Å². The predicted molar refractivity (Wildman–Crippen MR) is 70.1 cm³/mol. The van der Waals surface area contributed by atoms with Crippen LogP contribution in [0.25, 0.3) is 0 Å². The molecule has 3 heteroatoms. The van der Waals surface area contributed by atoms with Gasteiger partial charge in [0.25, 0.3) is 0 Å². The fraction of sp³-hybridized carbons (Fsp3) is 0.571. The number of hydrogen-bond acceptors (Lipinski definition) is 3. The number of ether oxygens (including phenoxy) is 1. The molecule has 1 aromatic carbocycles. The van der Waals surface area contributed by atoms with Gasteiger partial charge < -0.3 is 10.5 Å². The molecular weight excluding hydrogens is 212 g/mol. The number of nitrogens with two attached hydrogens (primary N) is 1. The number of methoxy groups -OCH3 is 1. The molecule has 3 nitrogen and oxygen atoms in total. The van der Waals surface area contributed by atoms with Gasteiger partial charge in [-0.25, -0.2) is 0 Å². The Hall–Kier alpha value is -1.06. The van der Waals surface area contributed by atoms with Crippen LogP contribution >= 0.6 is 0 Å². The molecule has 0 amide bonds. The van der Waals surface area contributed by atoms with Crippen molar-refractivity contribution in [3.8, 4) is 5.75 Å². The van der Waals surface area contributed by atoms with Crippen LogP contribution in [0.3, 0.4) is 0 Å². The minimum absolute atomic E-state index is 0.208. The minimum atomic E-state index is 0.208. The van der Waals surface area contributed by atoms with Crippen molar-refractivity contribution in [2.75, 3.05) is 13.7 Å². The Bertz CT molecular complexity index is 372. The van der Waals surface area contributed by atoms with Crippen LogP contribution in [0, 0.1) is 0 Å². The van der Waals surface area contributed by atoms with Gasteiger partial charge in [0.15, 0.2) is 0 Å². The Labute approximate surface area is 104 Å². The third-order valence-corrected chi connectivity index (χ3v) is 3.61. The van der Waals surface area contributed by atoms with Gasteiger partial charge in [-0.1, -0.05) is 12.1 Å². The van der Waals surface area contributed by atoms with Gasteiger partial charge in [0.1, 0.15) is 5.75 Å². The topological polar surface area (TPSA) is 38.5 Å². The summed E-state index contributed by atoms with van der Waals surface area (Å²) in [5.74, 6) is 0.908. The van der Waals surface area contributed by atoms with Crippen LogP contribution in [0.1, 0.15) is 25.8 Å². The Balaban J connectivity index is 2.05. The largest absolute Gasteiger partial charge is 0.497 e. The standard InChI is InChI=1S/C14H22N2O/c1-14(2)8-12(15)10-16(14)9-11-4-6-13(17-3)7-5-11/h4-7,12H,8-10,15H2,1-3H3. The van der Waals surface area contributed by atoms with E-state index in [0.29, 0.717) is 6.04 Å². The lowest BCUT2D eigenvalue weighted by molar-refractivity contribution is 0.166. The first-order chi connectivity index (χ1) is 8.01. The Morgan fingerprint density at radius 3 is 2.47 bits per heavy atom. The molecule has 1 heterocycles. The molecule has 94 valence electrons. The molecule has 17 heavy (non-hydrogen) atoms. The molecule has 1 aliphatic heterocycles.